The fourth-order valence-electron chi connectivity index (χ4n) is 3.62. The molecule has 10 heteroatoms. The van der Waals surface area contributed by atoms with Crippen LogP contribution in [0.3, 0.4) is 0 Å². The standard InChI is InChI=1S/C19H19F3N6O/c1-12-15(24-25-18-23-17(19(20,21)22)26-28(12)18)16(29)27-9-7-14(8-10-27)11-13-5-3-2-4-6-13/h2-6,14H,7-11H2,1H3. The Balaban J connectivity index is 1.47. The van der Waals surface area contributed by atoms with Crippen LogP contribution < -0.4 is 0 Å². The van der Waals surface area contributed by atoms with Gasteiger partial charge in [-0.3, -0.25) is 4.79 Å². The number of fused-ring (bicyclic) bond motifs is 1. The van der Waals surface area contributed by atoms with Gasteiger partial charge in [0.05, 0.1) is 5.69 Å². The Kier molecular flexibility index (Phi) is 4.93. The van der Waals surface area contributed by atoms with E-state index in [-0.39, 0.29) is 23.1 Å². The predicted molar refractivity (Wildman–Crippen MR) is 97.1 cm³/mol. The predicted octanol–water partition coefficient (Wildman–Crippen LogP) is 2.94. The van der Waals surface area contributed by atoms with Crippen molar-refractivity contribution in [3.8, 4) is 0 Å². The van der Waals surface area contributed by atoms with Gasteiger partial charge in [-0.2, -0.15) is 22.7 Å². The first-order chi connectivity index (χ1) is 13.8. The van der Waals surface area contributed by atoms with Crippen LogP contribution in [0.5, 0.6) is 0 Å². The summed E-state index contributed by atoms with van der Waals surface area (Å²) in [6, 6.07) is 10.2. The number of amides is 1. The number of benzene rings is 1. The van der Waals surface area contributed by atoms with Crippen molar-refractivity contribution in [3.63, 3.8) is 0 Å². The van der Waals surface area contributed by atoms with E-state index >= 15 is 0 Å². The molecular formula is C19H19F3N6O. The molecular weight excluding hydrogens is 385 g/mol. The summed E-state index contributed by atoms with van der Waals surface area (Å²) in [7, 11) is 0. The van der Waals surface area contributed by atoms with Crippen LogP contribution in [-0.2, 0) is 12.6 Å². The van der Waals surface area contributed by atoms with Crippen LogP contribution in [0.25, 0.3) is 5.78 Å². The molecule has 1 amide bonds. The van der Waals surface area contributed by atoms with Crippen molar-refractivity contribution in [1.82, 2.24) is 29.7 Å². The van der Waals surface area contributed by atoms with Crippen LogP contribution in [0.15, 0.2) is 30.3 Å². The topological polar surface area (TPSA) is 76.3 Å². The Bertz CT molecular complexity index is 1030. The number of hydrogen-bond acceptors (Lipinski definition) is 5. The SMILES string of the molecule is Cc1c(C(=O)N2CCC(Cc3ccccc3)CC2)nnc2nc(C(F)(F)F)nn12. The molecule has 0 N–H and O–H groups in total. The summed E-state index contributed by atoms with van der Waals surface area (Å²) in [5, 5.41) is 10.9. The normalized spacial score (nSPS) is 15.8. The minimum absolute atomic E-state index is 0.00219. The van der Waals surface area contributed by atoms with Crippen molar-refractivity contribution in [2.24, 2.45) is 5.92 Å². The lowest BCUT2D eigenvalue weighted by molar-refractivity contribution is -0.144. The molecule has 3 aromatic rings. The number of piperidine rings is 1. The molecule has 1 aliphatic rings. The maximum Gasteiger partial charge on any atom is 0.453 e. The number of carbonyl (C=O) groups is 1. The Labute approximate surface area is 164 Å². The number of rotatable bonds is 3. The van der Waals surface area contributed by atoms with Gasteiger partial charge in [0, 0.05) is 13.1 Å². The highest BCUT2D eigenvalue weighted by molar-refractivity contribution is 5.93. The van der Waals surface area contributed by atoms with E-state index in [2.05, 4.69) is 32.4 Å². The lowest BCUT2D eigenvalue weighted by atomic mass is 9.90. The smallest absolute Gasteiger partial charge is 0.337 e. The average molecular weight is 404 g/mol. The minimum Gasteiger partial charge on any atom is -0.337 e. The molecule has 0 unspecified atom stereocenters. The number of nitrogens with zero attached hydrogens (tertiary/aromatic N) is 6. The lowest BCUT2D eigenvalue weighted by Crippen LogP contribution is -2.40. The Hall–Kier alpha value is -3.04. The molecule has 0 aliphatic carbocycles. The Morgan fingerprint density at radius 2 is 1.83 bits per heavy atom. The van der Waals surface area contributed by atoms with E-state index in [1.165, 1.54) is 12.5 Å². The highest BCUT2D eigenvalue weighted by Gasteiger charge is 2.37. The molecule has 4 rings (SSSR count). The molecule has 7 nitrogen and oxygen atoms in total. The van der Waals surface area contributed by atoms with Gasteiger partial charge >= 0.3 is 6.18 Å². The molecule has 1 fully saturated rings. The van der Waals surface area contributed by atoms with Crippen molar-refractivity contribution >= 4 is 11.7 Å². The fraction of sp³-hybridized carbons (Fsp3) is 0.421. The lowest BCUT2D eigenvalue weighted by Gasteiger charge is -2.32. The molecule has 1 saturated heterocycles. The van der Waals surface area contributed by atoms with Crippen LogP contribution in [0.1, 0.15) is 40.4 Å². The monoisotopic (exact) mass is 404 g/mol. The summed E-state index contributed by atoms with van der Waals surface area (Å²) in [5.74, 6) is -1.45. The number of carbonyl (C=O) groups excluding carboxylic acids is 1. The summed E-state index contributed by atoms with van der Waals surface area (Å²) in [4.78, 5) is 17.9. The maximum atomic E-state index is 12.9. The molecule has 0 radical (unpaired) electrons. The summed E-state index contributed by atoms with van der Waals surface area (Å²) in [6.45, 7) is 2.63. The van der Waals surface area contributed by atoms with Crippen molar-refractivity contribution in [2.45, 2.75) is 32.4 Å². The van der Waals surface area contributed by atoms with Crippen LogP contribution in [0.2, 0.25) is 0 Å². The Morgan fingerprint density at radius 1 is 1.14 bits per heavy atom. The van der Waals surface area contributed by atoms with Crippen molar-refractivity contribution in [3.05, 3.63) is 53.1 Å². The third kappa shape index (κ3) is 3.92. The second kappa shape index (κ2) is 7.41. The number of halogens is 3. The fourth-order valence-corrected chi connectivity index (χ4v) is 3.62. The summed E-state index contributed by atoms with van der Waals surface area (Å²) in [6.07, 6.45) is -2.01. The van der Waals surface area contributed by atoms with E-state index in [4.69, 9.17) is 0 Å². The molecule has 3 heterocycles. The van der Waals surface area contributed by atoms with Crippen molar-refractivity contribution in [1.29, 1.82) is 0 Å². The number of aryl methyl sites for hydroxylation is 1. The van der Waals surface area contributed by atoms with Crippen molar-refractivity contribution < 1.29 is 18.0 Å². The molecule has 0 atom stereocenters. The van der Waals surface area contributed by atoms with E-state index < -0.39 is 12.0 Å². The van der Waals surface area contributed by atoms with E-state index in [1.807, 2.05) is 18.2 Å². The third-order valence-electron chi connectivity index (χ3n) is 5.21. The Morgan fingerprint density at radius 3 is 2.48 bits per heavy atom. The first-order valence-corrected chi connectivity index (χ1v) is 9.33. The van der Waals surface area contributed by atoms with Crippen LogP contribution in [0.4, 0.5) is 13.2 Å². The maximum absolute atomic E-state index is 12.9. The largest absolute Gasteiger partial charge is 0.453 e. The van der Waals surface area contributed by atoms with Gasteiger partial charge in [-0.1, -0.05) is 30.3 Å². The molecule has 0 bridgehead atoms. The number of likely N-dealkylation sites (tertiary alicyclic amines) is 1. The molecule has 0 saturated carbocycles. The van der Waals surface area contributed by atoms with Gasteiger partial charge in [-0.25, -0.2) is 0 Å². The van der Waals surface area contributed by atoms with Crippen molar-refractivity contribution in [2.75, 3.05) is 13.1 Å². The number of hydrogen-bond donors (Lipinski definition) is 0. The van der Waals surface area contributed by atoms with Gasteiger partial charge < -0.3 is 4.90 Å². The van der Waals surface area contributed by atoms with Gasteiger partial charge in [-0.05, 0) is 37.7 Å². The molecule has 1 aromatic carbocycles. The van der Waals surface area contributed by atoms with E-state index in [0.717, 1.165) is 23.8 Å². The van der Waals surface area contributed by atoms with Crippen LogP contribution in [0, 0.1) is 12.8 Å². The van der Waals surface area contributed by atoms with E-state index in [9.17, 15) is 18.0 Å². The third-order valence-corrected chi connectivity index (χ3v) is 5.21. The second-order valence-corrected chi connectivity index (χ2v) is 7.20. The van der Waals surface area contributed by atoms with Gasteiger partial charge in [-0.15, -0.1) is 15.3 Å². The summed E-state index contributed by atoms with van der Waals surface area (Å²) < 4.78 is 39.4. The number of aromatic nitrogens is 5. The zero-order valence-corrected chi connectivity index (χ0v) is 15.7. The molecule has 2 aromatic heterocycles. The minimum atomic E-state index is -4.69. The van der Waals surface area contributed by atoms with E-state index in [1.54, 1.807) is 4.90 Å². The zero-order chi connectivity index (χ0) is 20.6. The second-order valence-electron chi connectivity index (χ2n) is 7.20. The van der Waals surface area contributed by atoms with Gasteiger partial charge in [0.2, 0.25) is 0 Å². The first kappa shape index (κ1) is 19.3. The first-order valence-electron chi connectivity index (χ1n) is 9.33. The summed E-state index contributed by atoms with van der Waals surface area (Å²) in [5.41, 5.74) is 1.46. The molecule has 1 aliphatic heterocycles. The van der Waals surface area contributed by atoms with E-state index in [0.29, 0.717) is 19.0 Å². The van der Waals surface area contributed by atoms with Gasteiger partial charge in [0.25, 0.3) is 17.5 Å². The highest BCUT2D eigenvalue weighted by Crippen LogP contribution is 2.27. The highest BCUT2D eigenvalue weighted by atomic mass is 19.4. The van der Waals surface area contributed by atoms with Gasteiger partial charge in [0.15, 0.2) is 5.69 Å². The molecule has 152 valence electrons. The van der Waals surface area contributed by atoms with Crippen LogP contribution >= 0.6 is 0 Å². The average Bonchev–Trinajstić information content (AvgIpc) is 3.15. The quantitative estimate of drug-likeness (QED) is 0.671. The number of alkyl halides is 3. The molecule has 0 spiro atoms. The molecule has 29 heavy (non-hydrogen) atoms. The summed E-state index contributed by atoms with van der Waals surface area (Å²) >= 11 is 0. The van der Waals surface area contributed by atoms with Crippen LogP contribution in [-0.4, -0.2) is 48.7 Å². The zero-order valence-electron chi connectivity index (χ0n) is 15.7. The van der Waals surface area contributed by atoms with Gasteiger partial charge in [0.1, 0.15) is 0 Å².